The van der Waals surface area contributed by atoms with Gasteiger partial charge in [-0.3, -0.25) is 4.57 Å². The van der Waals surface area contributed by atoms with Crippen molar-refractivity contribution in [2.45, 2.75) is 13.8 Å². The lowest BCUT2D eigenvalue weighted by Gasteiger charge is -2.09. The van der Waals surface area contributed by atoms with Gasteiger partial charge in [-0.25, -0.2) is 9.78 Å². The van der Waals surface area contributed by atoms with Crippen molar-refractivity contribution in [3.8, 4) is 5.69 Å². The molecule has 0 saturated heterocycles. The number of carboxylic acid groups (broad SMARTS) is 1. The number of hydrogen-bond acceptors (Lipinski definition) is 2. The van der Waals surface area contributed by atoms with E-state index in [0.717, 1.165) is 16.8 Å². The van der Waals surface area contributed by atoms with Crippen LogP contribution < -0.4 is 0 Å². The first-order valence-electron chi connectivity index (χ1n) is 6.34. The van der Waals surface area contributed by atoms with Crippen molar-refractivity contribution in [3.05, 3.63) is 59.4 Å². The third kappa shape index (κ3) is 1.95. The summed E-state index contributed by atoms with van der Waals surface area (Å²) in [5.41, 5.74) is 5.27. The van der Waals surface area contributed by atoms with Gasteiger partial charge in [0.25, 0.3) is 0 Å². The summed E-state index contributed by atoms with van der Waals surface area (Å²) >= 11 is 0. The maximum atomic E-state index is 11.0. The minimum Gasteiger partial charge on any atom is -0.478 e. The summed E-state index contributed by atoms with van der Waals surface area (Å²) in [5, 5.41) is 9.01. The Labute approximate surface area is 116 Å². The zero-order chi connectivity index (χ0) is 14.3. The van der Waals surface area contributed by atoms with E-state index in [-0.39, 0.29) is 5.56 Å². The Kier molecular flexibility index (Phi) is 2.79. The maximum absolute atomic E-state index is 11.0. The first-order valence-corrected chi connectivity index (χ1v) is 6.34. The Bertz CT molecular complexity index is 818. The number of fused-ring (bicyclic) bond motifs is 1. The molecule has 2 aromatic carbocycles. The number of nitrogens with zero attached hydrogens (tertiary/aromatic N) is 2. The molecule has 0 spiro atoms. The van der Waals surface area contributed by atoms with Crippen molar-refractivity contribution < 1.29 is 9.90 Å². The Morgan fingerprint density at radius 1 is 1.15 bits per heavy atom. The van der Waals surface area contributed by atoms with Gasteiger partial charge in [-0.2, -0.15) is 0 Å². The van der Waals surface area contributed by atoms with Crippen LogP contribution >= 0.6 is 0 Å². The lowest BCUT2D eigenvalue weighted by Crippen LogP contribution is -1.97. The minimum atomic E-state index is -0.937. The lowest BCUT2D eigenvalue weighted by molar-refractivity contribution is 0.0697. The lowest BCUT2D eigenvalue weighted by atomic mass is 10.1. The van der Waals surface area contributed by atoms with Crippen molar-refractivity contribution in [2.24, 2.45) is 0 Å². The van der Waals surface area contributed by atoms with Gasteiger partial charge in [0, 0.05) is 0 Å². The second-order valence-electron chi connectivity index (χ2n) is 4.91. The molecule has 4 heteroatoms. The summed E-state index contributed by atoms with van der Waals surface area (Å²) in [4.78, 5) is 15.3. The van der Waals surface area contributed by atoms with Gasteiger partial charge < -0.3 is 5.11 Å². The molecular formula is C16H14N2O2. The van der Waals surface area contributed by atoms with Gasteiger partial charge in [0.1, 0.15) is 6.33 Å². The van der Waals surface area contributed by atoms with Crippen LogP contribution in [0.2, 0.25) is 0 Å². The van der Waals surface area contributed by atoms with Crippen molar-refractivity contribution in [1.82, 2.24) is 9.55 Å². The number of imidazole rings is 1. The highest BCUT2D eigenvalue weighted by atomic mass is 16.4. The molecule has 3 rings (SSSR count). The van der Waals surface area contributed by atoms with E-state index in [1.807, 2.05) is 4.57 Å². The van der Waals surface area contributed by atoms with E-state index in [1.54, 1.807) is 24.5 Å². The molecule has 0 fully saturated rings. The van der Waals surface area contributed by atoms with Gasteiger partial charge in [0.05, 0.1) is 22.3 Å². The molecular weight excluding hydrogens is 252 g/mol. The fraction of sp³-hybridized carbons (Fsp3) is 0.125. The highest BCUT2D eigenvalue weighted by Gasteiger charge is 2.10. The fourth-order valence-electron chi connectivity index (χ4n) is 2.41. The fourth-order valence-corrected chi connectivity index (χ4v) is 2.41. The smallest absolute Gasteiger partial charge is 0.335 e. The molecule has 0 aliphatic heterocycles. The van der Waals surface area contributed by atoms with Crippen LogP contribution in [0.15, 0.2) is 42.7 Å². The van der Waals surface area contributed by atoms with Gasteiger partial charge in [-0.05, 0) is 43.7 Å². The first-order chi connectivity index (χ1) is 9.56. The average molecular weight is 266 g/mol. The highest BCUT2D eigenvalue weighted by Crippen LogP contribution is 2.22. The molecule has 1 N–H and O–H groups in total. The predicted octanol–water partition coefficient (Wildman–Crippen LogP) is 3.34. The predicted molar refractivity (Wildman–Crippen MR) is 77.5 cm³/mol. The quantitative estimate of drug-likeness (QED) is 0.774. The molecule has 0 aliphatic carbocycles. The van der Waals surface area contributed by atoms with E-state index in [2.05, 4.69) is 37.0 Å². The monoisotopic (exact) mass is 266 g/mol. The SMILES string of the molecule is Cc1ccc(-n2cnc3cc(C(=O)O)ccc32)c(C)c1. The van der Waals surface area contributed by atoms with E-state index < -0.39 is 5.97 Å². The van der Waals surface area contributed by atoms with E-state index in [9.17, 15) is 4.79 Å². The average Bonchev–Trinajstić information content (AvgIpc) is 2.81. The van der Waals surface area contributed by atoms with Gasteiger partial charge in [-0.1, -0.05) is 17.7 Å². The van der Waals surface area contributed by atoms with Crippen LogP contribution in [-0.2, 0) is 0 Å². The number of aromatic nitrogens is 2. The van der Waals surface area contributed by atoms with Gasteiger partial charge >= 0.3 is 5.97 Å². The standard InChI is InChI=1S/C16H14N2O2/c1-10-3-5-14(11(2)7-10)18-9-17-13-8-12(16(19)20)4-6-15(13)18/h3-9H,1-2H3,(H,19,20). The molecule has 0 atom stereocenters. The normalized spacial score (nSPS) is 10.9. The van der Waals surface area contributed by atoms with E-state index in [1.165, 1.54) is 5.56 Å². The van der Waals surface area contributed by atoms with Gasteiger partial charge in [0.15, 0.2) is 0 Å². The second kappa shape index (κ2) is 4.49. The molecule has 3 aromatic rings. The maximum Gasteiger partial charge on any atom is 0.335 e. The van der Waals surface area contributed by atoms with Crippen molar-refractivity contribution in [3.63, 3.8) is 0 Å². The molecule has 0 radical (unpaired) electrons. The number of aryl methyl sites for hydroxylation is 2. The Hall–Kier alpha value is -2.62. The Balaban J connectivity index is 2.20. The second-order valence-corrected chi connectivity index (χ2v) is 4.91. The molecule has 1 heterocycles. The summed E-state index contributed by atoms with van der Waals surface area (Å²) in [5.74, 6) is -0.937. The molecule has 1 aromatic heterocycles. The van der Waals surface area contributed by atoms with Crippen molar-refractivity contribution >= 4 is 17.0 Å². The summed E-state index contributed by atoms with van der Waals surface area (Å²) in [6, 6.07) is 11.2. The summed E-state index contributed by atoms with van der Waals surface area (Å²) < 4.78 is 1.98. The zero-order valence-electron chi connectivity index (χ0n) is 11.3. The molecule has 0 aliphatic rings. The third-order valence-corrected chi connectivity index (χ3v) is 3.41. The summed E-state index contributed by atoms with van der Waals surface area (Å²) in [7, 11) is 0. The molecule has 100 valence electrons. The first kappa shape index (κ1) is 12.4. The number of rotatable bonds is 2. The van der Waals surface area contributed by atoms with Crippen LogP contribution in [-0.4, -0.2) is 20.6 Å². The molecule has 0 bridgehead atoms. The number of aromatic carboxylic acids is 1. The number of carboxylic acids is 1. The van der Waals surface area contributed by atoms with Crippen molar-refractivity contribution in [2.75, 3.05) is 0 Å². The Morgan fingerprint density at radius 3 is 2.65 bits per heavy atom. The molecule has 0 saturated carbocycles. The topological polar surface area (TPSA) is 55.1 Å². The van der Waals surface area contributed by atoms with Crippen molar-refractivity contribution in [1.29, 1.82) is 0 Å². The van der Waals surface area contributed by atoms with E-state index >= 15 is 0 Å². The van der Waals surface area contributed by atoms with Crippen LogP contribution in [0.3, 0.4) is 0 Å². The van der Waals surface area contributed by atoms with Crippen LogP contribution in [0, 0.1) is 13.8 Å². The van der Waals surface area contributed by atoms with Crippen LogP contribution in [0.1, 0.15) is 21.5 Å². The van der Waals surface area contributed by atoms with Crippen LogP contribution in [0.25, 0.3) is 16.7 Å². The van der Waals surface area contributed by atoms with E-state index in [0.29, 0.717) is 5.52 Å². The van der Waals surface area contributed by atoms with Gasteiger partial charge in [-0.15, -0.1) is 0 Å². The molecule has 0 amide bonds. The van der Waals surface area contributed by atoms with E-state index in [4.69, 9.17) is 5.11 Å². The molecule has 4 nitrogen and oxygen atoms in total. The summed E-state index contributed by atoms with van der Waals surface area (Å²) in [6.45, 7) is 4.11. The third-order valence-electron chi connectivity index (χ3n) is 3.41. The van der Waals surface area contributed by atoms with Crippen LogP contribution in [0.4, 0.5) is 0 Å². The minimum absolute atomic E-state index is 0.253. The van der Waals surface area contributed by atoms with Gasteiger partial charge in [0.2, 0.25) is 0 Å². The summed E-state index contributed by atoms with van der Waals surface area (Å²) in [6.07, 6.45) is 1.73. The number of carbonyl (C=O) groups is 1. The largest absolute Gasteiger partial charge is 0.478 e. The van der Waals surface area contributed by atoms with Crippen LogP contribution in [0.5, 0.6) is 0 Å². The molecule has 20 heavy (non-hydrogen) atoms. The number of hydrogen-bond donors (Lipinski definition) is 1. The highest BCUT2D eigenvalue weighted by molar-refractivity contribution is 5.92. The molecule has 0 unspecified atom stereocenters. The Morgan fingerprint density at radius 2 is 1.95 bits per heavy atom. The number of benzene rings is 2. The zero-order valence-corrected chi connectivity index (χ0v) is 11.3.